The van der Waals surface area contributed by atoms with Crippen LogP contribution in [0.15, 0.2) is 23.6 Å². The van der Waals surface area contributed by atoms with Gasteiger partial charge in [0.1, 0.15) is 11.5 Å². The molecule has 22 heavy (non-hydrogen) atoms. The van der Waals surface area contributed by atoms with Gasteiger partial charge in [0.05, 0.1) is 16.4 Å². The normalized spacial score (nSPS) is 14.1. The van der Waals surface area contributed by atoms with Crippen molar-refractivity contribution in [1.29, 1.82) is 0 Å². The van der Waals surface area contributed by atoms with Crippen molar-refractivity contribution in [3.8, 4) is 0 Å². The van der Waals surface area contributed by atoms with Gasteiger partial charge >= 0.3 is 0 Å². The van der Waals surface area contributed by atoms with E-state index in [2.05, 4.69) is 4.98 Å². The van der Waals surface area contributed by atoms with Crippen LogP contribution in [-0.4, -0.2) is 37.6 Å². The molecule has 1 aromatic heterocycles. The average Bonchev–Trinajstić information content (AvgIpc) is 2.96. The van der Waals surface area contributed by atoms with E-state index in [1.165, 1.54) is 23.5 Å². The second-order valence-electron chi connectivity index (χ2n) is 5.18. The monoisotopic (exact) mass is 320 g/mol. The van der Waals surface area contributed by atoms with Crippen molar-refractivity contribution in [2.45, 2.75) is 6.42 Å². The maximum absolute atomic E-state index is 13.5. The molecular weight excluding hydrogens is 303 g/mol. The summed E-state index contributed by atoms with van der Waals surface area (Å²) in [5.74, 6) is -0.459. The molecule has 0 aliphatic carbocycles. The Morgan fingerprint density at radius 1 is 1.41 bits per heavy atom. The van der Waals surface area contributed by atoms with E-state index < -0.39 is 0 Å². The minimum absolute atomic E-state index is 0.152. The minimum atomic E-state index is -0.307. The van der Waals surface area contributed by atoms with Gasteiger partial charge in [-0.15, -0.1) is 11.3 Å². The van der Waals surface area contributed by atoms with Gasteiger partial charge in [-0.1, -0.05) is 0 Å². The SMILES string of the molecule is CN1CCN(C(=O)c2csc(CCN)n2)c2ccc(F)cc21. The lowest BCUT2D eigenvalue weighted by Crippen LogP contribution is -2.42. The number of hydrogen-bond donors (Lipinski definition) is 1. The van der Waals surface area contributed by atoms with Gasteiger partial charge in [0.25, 0.3) is 5.91 Å². The van der Waals surface area contributed by atoms with E-state index in [1.54, 1.807) is 16.3 Å². The topological polar surface area (TPSA) is 62.5 Å². The zero-order valence-electron chi connectivity index (χ0n) is 12.3. The predicted molar refractivity (Wildman–Crippen MR) is 86.2 cm³/mol. The summed E-state index contributed by atoms with van der Waals surface area (Å²) in [7, 11) is 1.89. The summed E-state index contributed by atoms with van der Waals surface area (Å²) in [6.45, 7) is 1.72. The average molecular weight is 320 g/mol. The van der Waals surface area contributed by atoms with E-state index in [9.17, 15) is 9.18 Å². The molecule has 2 heterocycles. The molecule has 1 amide bonds. The Morgan fingerprint density at radius 3 is 3.00 bits per heavy atom. The van der Waals surface area contributed by atoms with Crippen molar-refractivity contribution in [3.63, 3.8) is 0 Å². The quantitative estimate of drug-likeness (QED) is 0.938. The predicted octanol–water partition coefficient (Wildman–Crippen LogP) is 1.88. The van der Waals surface area contributed by atoms with Crippen molar-refractivity contribution < 1.29 is 9.18 Å². The molecule has 2 aromatic rings. The Morgan fingerprint density at radius 2 is 2.23 bits per heavy atom. The van der Waals surface area contributed by atoms with Crippen LogP contribution in [0.3, 0.4) is 0 Å². The third-order valence-electron chi connectivity index (χ3n) is 3.67. The number of benzene rings is 1. The third kappa shape index (κ3) is 2.69. The summed E-state index contributed by atoms with van der Waals surface area (Å²) < 4.78 is 13.5. The number of carbonyl (C=O) groups is 1. The lowest BCUT2D eigenvalue weighted by atomic mass is 10.1. The highest BCUT2D eigenvalue weighted by atomic mass is 32.1. The number of fused-ring (bicyclic) bond motifs is 1. The van der Waals surface area contributed by atoms with Gasteiger partial charge < -0.3 is 15.5 Å². The zero-order chi connectivity index (χ0) is 15.7. The Hall–Kier alpha value is -1.99. The first-order chi connectivity index (χ1) is 10.6. The number of nitrogens with zero attached hydrogens (tertiary/aromatic N) is 3. The first-order valence-electron chi connectivity index (χ1n) is 7.07. The molecule has 0 bridgehead atoms. The van der Waals surface area contributed by atoms with E-state index in [0.29, 0.717) is 37.4 Å². The number of rotatable bonds is 3. The summed E-state index contributed by atoms with van der Waals surface area (Å²) in [5, 5.41) is 2.62. The molecule has 0 fully saturated rings. The van der Waals surface area contributed by atoms with Gasteiger partial charge in [0.2, 0.25) is 0 Å². The van der Waals surface area contributed by atoms with Crippen molar-refractivity contribution in [2.75, 3.05) is 36.5 Å². The molecule has 1 aliphatic rings. The molecule has 0 atom stereocenters. The van der Waals surface area contributed by atoms with Crippen LogP contribution in [0.2, 0.25) is 0 Å². The second-order valence-corrected chi connectivity index (χ2v) is 6.12. The van der Waals surface area contributed by atoms with E-state index >= 15 is 0 Å². The Balaban J connectivity index is 1.92. The molecule has 5 nitrogen and oxygen atoms in total. The lowest BCUT2D eigenvalue weighted by molar-refractivity contribution is 0.0982. The van der Waals surface area contributed by atoms with Crippen LogP contribution in [0.1, 0.15) is 15.5 Å². The number of anilines is 2. The number of hydrogen-bond acceptors (Lipinski definition) is 5. The molecule has 1 aromatic carbocycles. The van der Waals surface area contributed by atoms with E-state index in [4.69, 9.17) is 5.73 Å². The van der Waals surface area contributed by atoms with Gasteiger partial charge in [-0.25, -0.2) is 9.37 Å². The molecule has 3 rings (SSSR count). The number of halogens is 1. The Kier molecular flexibility index (Phi) is 4.08. The van der Waals surface area contributed by atoms with Crippen molar-refractivity contribution >= 4 is 28.6 Å². The highest BCUT2D eigenvalue weighted by Gasteiger charge is 2.27. The van der Waals surface area contributed by atoms with Crippen molar-refractivity contribution in [1.82, 2.24) is 4.98 Å². The molecule has 0 saturated heterocycles. The first-order valence-corrected chi connectivity index (χ1v) is 7.95. The number of thiazole rings is 1. The summed E-state index contributed by atoms with van der Waals surface area (Å²) in [4.78, 5) is 20.7. The van der Waals surface area contributed by atoms with Gasteiger partial charge in [0.15, 0.2) is 0 Å². The van der Waals surface area contributed by atoms with Crippen molar-refractivity contribution in [3.05, 3.63) is 40.1 Å². The maximum Gasteiger partial charge on any atom is 0.277 e. The van der Waals surface area contributed by atoms with Crippen molar-refractivity contribution in [2.24, 2.45) is 5.73 Å². The highest BCUT2D eigenvalue weighted by Crippen LogP contribution is 2.33. The lowest BCUT2D eigenvalue weighted by Gasteiger charge is -2.35. The second kappa shape index (κ2) is 6.02. The molecule has 2 N–H and O–H groups in total. The summed E-state index contributed by atoms with van der Waals surface area (Å²) in [6, 6.07) is 4.47. The number of likely N-dealkylation sites (N-methyl/N-ethyl adjacent to an activating group) is 1. The van der Waals surface area contributed by atoms with Crippen LogP contribution in [0.4, 0.5) is 15.8 Å². The van der Waals surface area contributed by atoms with Crippen LogP contribution in [0.5, 0.6) is 0 Å². The largest absolute Gasteiger partial charge is 0.371 e. The van der Waals surface area contributed by atoms with Crippen LogP contribution < -0.4 is 15.5 Å². The Labute approximate surface area is 132 Å². The van der Waals surface area contributed by atoms with E-state index in [0.717, 1.165) is 10.7 Å². The molecule has 0 spiro atoms. The molecule has 0 saturated carbocycles. The van der Waals surface area contributed by atoms with Gasteiger partial charge in [-0.3, -0.25) is 4.79 Å². The zero-order valence-corrected chi connectivity index (χ0v) is 13.1. The number of amides is 1. The maximum atomic E-state index is 13.5. The summed E-state index contributed by atoms with van der Waals surface area (Å²) >= 11 is 1.44. The first kappa shape index (κ1) is 14.9. The molecule has 0 radical (unpaired) electrons. The fourth-order valence-corrected chi connectivity index (χ4v) is 3.31. The fraction of sp³-hybridized carbons (Fsp3) is 0.333. The Bertz CT molecular complexity index is 703. The number of carbonyl (C=O) groups excluding carboxylic acids is 1. The van der Waals surface area contributed by atoms with Gasteiger partial charge in [0, 0.05) is 31.9 Å². The van der Waals surface area contributed by atoms with E-state index in [1.807, 2.05) is 11.9 Å². The van der Waals surface area contributed by atoms with Crippen LogP contribution >= 0.6 is 11.3 Å². The van der Waals surface area contributed by atoms with Gasteiger partial charge in [-0.2, -0.15) is 0 Å². The van der Waals surface area contributed by atoms with Gasteiger partial charge in [-0.05, 0) is 24.7 Å². The van der Waals surface area contributed by atoms with Crippen LogP contribution in [0, 0.1) is 5.82 Å². The third-order valence-corrected chi connectivity index (χ3v) is 4.58. The smallest absolute Gasteiger partial charge is 0.277 e. The molecule has 1 aliphatic heterocycles. The summed E-state index contributed by atoms with van der Waals surface area (Å²) in [6.07, 6.45) is 0.669. The molecule has 7 heteroatoms. The van der Waals surface area contributed by atoms with Crippen LogP contribution in [0.25, 0.3) is 0 Å². The van der Waals surface area contributed by atoms with Crippen LogP contribution in [-0.2, 0) is 6.42 Å². The molecule has 0 unspecified atom stereocenters. The molecule has 116 valence electrons. The minimum Gasteiger partial charge on any atom is -0.371 e. The highest BCUT2D eigenvalue weighted by molar-refractivity contribution is 7.09. The standard InChI is InChI=1S/C15H17FN4OS/c1-19-6-7-20(12-3-2-10(16)8-13(12)19)15(21)11-9-22-14(18-11)4-5-17/h2-3,8-9H,4-7,17H2,1H3. The van der Waals surface area contributed by atoms with E-state index in [-0.39, 0.29) is 11.7 Å². The molecular formula is C15H17FN4OS. The summed E-state index contributed by atoms with van der Waals surface area (Å²) in [5.41, 5.74) is 7.37. The number of nitrogens with two attached hydrogens (primary N) is 1. The fourth-order valence-electron chi connectivity index (χ4n) is 2.52. The number of aromatic nitrogens is 1.